The third kappa shape index (κ3) is 17.6. The van der Waals surface area contributed by atoms with Crippen LogP contribution in [0.15, 0.2) is 0 Å². The van der Waals surface area contributed by atoms with Gasteiger partial charge in [0.1, 0.15) is 5.78 Å². The number of hydrogen-bond donors (Lipinski definition) is 4. The summed E-state index contributed by atoms with van der Waals surface area (Å²) in [5.74, 6) is -1.43. The number of ketones is 1. The van der Waals surface area contributed by atoms with Gasteiger partial charge in [-0.15, -0.1) is 0 Å². The molecule has 2 aliphatic rings. The second kappa shape index (κ2) is 24.1. The second-order valence-electron chi connectivity index (χ2n) is 14.2. The second-order valence-corrected chi connectivity index (χ2v) is 14.2. The Morgan fingerprint density at radius 3 is 1.51 bits per heavy atom. The molecule has 0 spiro atoms. The Morgan fingerprint density at radius 1 is 0.600 bits per heavy atom. The third-order valence-electron chi connectivity index (χ3n) is 10.1. The van der Waals surface area contributed by atoms with Crippen LogP contribution in [0.1, 0.15) is 174 Å². The molecule has 1 unspecified atom stereocenters. The maximum absolute atomic E-state index is 11.2. The van der Waals surface area contributed by atoms with Gasteiger partial charge in [0, 0.05) is 6.42 Å². The first kappa shape index (κ1) is 40.1. The number of aliphatic carboxylic acids is 1. The maximum atomic E-state index is 11.2. The highest BCUT2D eigenvalue weighted by Gasteiger charge is 2.40. The first-order valence-electron chi connectivity index (χ1n) is 18.8. The topological polar surface area (TPSA) is 134 Å². The Morgan fingerprint density at radius 2 is 1.02 bits per heavy atom. The van der Waals surface area contributed by atoms with Crippen LogP contribution in [0.2, 0.25) is 0 Å². The van der Waals surface area contributed by atoms with Crippen molar-refractivity contribution in [3.05, 3.63) is 0 Å². The highest BCUT2D eigenvalue weighted by atomic mass is 16.6. The molecule has 0 saturated carbocycles. The van der Waals surface area contributed by atoms with E-state index in [1.54, 1.807) is 0 Å². The number of carboxylic acid groups (broad SMARTS) is 1. The van der Waals surface area contributed by atoms with Crippen LogP contribution in [-0.2, 0) is 19.1 Å². The van der Waals surface area contributed by atoms with Crippen molar-refractivity contribution >= 4 is 11.8 Å². The fourth-order valence-electron chi connectivity index (χ4n) is 7.20. The standard InChI is InChI=1S/C37H68O8/c1-3-4-5-15-19-30(39)20-17-22-32(41)34-24-26-36(45-34)35-25-23-33(44-35)31(40)21-16-13-11-9-7-6-8-10-12-14-18-29(37(42)43)27-28(2)38/h29-36,39-41H,3-27H2,1-2H3,(H,42,43)/t29?,30-,31+,32-,33+,34+,35+,36+/m0/s1. The molecule has 0 amide bonds. The van der Waals surface area contributed by atoms with E-state index >= 15 is 0 Å². The molecule has 0 aromatic carbocycles. The molecular weight excluding hydrogens is 572 g/mol. The van der Waals surface area contributed by atoms with E-state index in [0.29, 0.717) is 12.8 Å². The predicted molar refractivity (Wildman–Crippen MR) is 178 cm³/mol. The zero-order valence-corrected chi connectivity index (χ0v) is 28.7. The number of ether oxygens (including phenoxy) is 2. The van der Waals surface area contributed by atoms with Gasteiger partial charge in [0.2, 0.25) is 0 Å². The molecular formula is C37H68O8. The Kier molecular flexibility index (Phi) is 21.5. The van der Waals surface area contributed by atoms with E-state index < -0.39 is 24.1 Å². The van der Waals surface area contributed by atoms with E-state index in [1.807, 2.05) is 0 Å². The van der Waals surface area contributed by atoms with E-state index in [9.17, 15) is 30.0 Å². The predicted octanol–water partition coefficient (Wildman–Crippen LogP) is 7.67. The molecule has 8 heteroatoms. The lowest BCUT2D eigenvalue weighted by atomic mass is 9.95. The number of aliphatic hydroxyl groups excluding tert-OH is 3. The summed E-state index contributed by atoms with van der Waals surface area (Å²) in [6.45, 7) is 3.65. The molecule has 2 rings (SSSR count). The lowest BCUT2D eigenvalue weighted by molar-refractivity contribution is -0.143. The highest BCUT2D eigenvalue weighted by molar-refractivity contribution is 5.81. The molecule has 8 nitrogen and oxygen atoms in total. The number of rotatable bonds is 28. The molecule has 264 valence electrons. The molecule has 2 aliphatic heterocycles. The summed E-state index contributed by atoms with van der Waals surface area (Å²) in [5.41, 5.74) is 0. The lowest BCUT2D eigenvalue weighted by Crippen LogP contribution is -2.33. The highest BCUT2D eigenvalue weighted by Crippen LogP contribution is 2.34. The average molecular weight is 641 g/mol. The quantitative estimate of drug-likeness (QED) is 0.0641. The summed E-state index contributed by atoms with van der Waals surface area (Å²) in [4.78, 5) is 22.4. The molecule has 0 aliphatic carbocycles. The van der Waals surface area contributed by atoms with Gasteiger partial charge in [-0.25, -0.2) is 0 Å². The zero-order chi connectivity index (χ0) is 32.9. The first-order valence-corrected chi connectivity index (χ1v) is 18.8. The summed E-state index contributed by atoms with van der Waals surface area (Å²) >= 11 is 0. The molecule has 0 bridgehead atoms. The minimum absolute atomic E-state index is 0.000560. The van der Waals surface area contributed by atoms with Gasteiger partial charge in [-0.1, -0.05) is 96.8 Å². The van der Waals surface area contributed by atoms with Crippen molar-refractivity contribution in [3.63, 3.8) is 0 Å². The lowest BCUT2D eigenvalue weighted by Gasteiger charge is -2.24. The number of unbranched alkanes of at least 4 members (excludes halogenated alkanes) is 12. The molecule has 4 N–H and O–H groups in total. The van der Waals surface area contributed by atoms with Gasteiger partial charge in [0.15, 0.2) is 0 Å². The Bertz CT molecular complexity index is 776. The van der Waals surface area contributed by atoms with Crippen LogP contribution in [0.5, 0.6) is 0 Å². The van der Waals surface area contributed by atoms with Crippen molar-refractivity contribution in [3.8, 4) is 0 Å². The minimum Gasteiger partial charge on any atom is -0.481 e. The third-order valence-corrected chi connectivity index (χ3v) is 10.1. The number of carbonyl (C=O) groups excluding carboxylic acids is 1. The fraction of sp³-hybridized carbons (Fsp3) is 0.946. The van der Waals surface area contributed by atoms with Crippen molar-refractivity contribution in [1.82, 2.24) is 0 Å². The Labute approximate surface area is 274 Å². The summed E-state index contributed by atoms with van der Waals surface area (Å²) in [6, 6.07) is 0. The van der Waals surface area contributed by atoms with Gasteiger partial charge in [0.25, 0.3) is 0 Å². The minimum atomic E-state index is -0.852. The summed E-state index contributed by atoms with van der Waals surface area (Å²) in [7, 11) is 0. The normalized spacial score (nSPS) is 24.5. The van der Waals surface area contributed by atoms with Crippen molar-refractivity contribution in [1.29, 1.82) is 0 Å². The molecule has 2 heterocycles. The zero-order valence-electron chi connectivity index (χ0n) is 28.7. The van der Waals surface area contributed by atoms with Gasteiger partial charge in [-0.2, -0.15) is 0 Å². The molecule has 45 heavy (non-hydrogen) atoms. The largest absolute Gasteiger partial charge is 0.481 e. The van der Waals surface area contributed by atoms with Gasteiger partial charge >= 0.3 is 5.97 Å². The SMILES string of the molecule is CCCCCC[C@H](O)CCC[C@H](O)[C@H]1CC[C@H]([C@H]2CC[C@H]([C@H](O)CCCCCCCCCCCCC(CC(C)=O)C(=O)O)O2)O1. The summed E-state index contributed by atoms with van der Waals surface area (Å²) in [6.07, 6.45) is 22.5. The van der Waals surface area contributed by atoms with Crippen LogP contribution in [0, 0.1) is 5.92 Å². The van der Waals surface area contributed by atoms with Gasteiger partial charge in [-0.3, -0.25) is 4.79 Å². The van der Waals surface area contributed by atoms with E-state index in [1.165, 1.54) is 58.3 Å². The number of carboxylic acids is 1. The van der Waals surface area contributed by atoms with Crippen molar-refractivity contribution in [2.45, 2.75) is 217 Å². The molecule has 0 radical (unpaired) electrons. The Balaban J connectivity index is 1.45. The van der Waals surface area contributed by atoms with Crippen LogP contribution in [0.3, 0.4) is 0 Å². The van der Waals surface area contributed by atoms with E-state index in [2.05, 4.69) is 6.92 Å². The van der Waals surface area contributed by atoms with Crippen molar-refractivity contribution in [2.24, 2.45) is 5.92 Å². The molecule has 2 fully saturated rings. The van der Waals surface area contributed by atoms with Crippen molar-refractivity contribution < 1.29 is 39.5 Å². The van der Waals surface area contributed by atoms with E-state index in [4.69, 9.17) is 9.47 Å². The monoisotopic (exact) mass is 640 g/mol. The molecule has 2 saturated heterocycles. The summed E-state index contributed by atoms with van der Waals surface area (Å²) < 4.78 is 12.5. The smallest absolute Gasteiger partial charge is 0.306 e. The number of hydrogen-bond acceptors (Lipinski definition) is 7. The molecule has 0 aromatic heterocycles. The van der Waals surface area contributed by atoms with Crippen LogP contribution in [0.25, 0.3) is 0 Å². The number of carbonyl (C=O) groups is 2. The maximum Gasteiger partial charge on any atom is 0.306 e. The molecule has 0 aromatic rings. The van der Waals surface area contributed by atoms with Crippen LogP contribution in [0.4, 0.5) is 0 Å². The number of aliphatic hydroxyl groups is 3. The Hall–Kier alpha value is -1.06. The van der Waals surface area contributed by atoms with Crippen LogP contribution in [-0.4, -0.2) is 74.9 Å². The first-order chi connectivity index (χ1) is 21.7. The average Bonchev–Trinajstić information content (AvgIpc) is 3.69. The van der Waals surface area contributed by atoms with Gasteiger partial charge < -0.3 is 34.7 Å². The van der Waals surface area contributed by atoms with Crippen molar-refractivity contribution in [2.75, 3.05) is 0 Å². The fourth-order valence-corrected chi connectivity index (χ4v) is 7.20. The van der Waals surface area contributed by atoms with E-state index in [-0.39, 0.29) is 42.7 Å². The van der Waals surface area contributed by atoms with E-state index in [0.717, 1.165) is 89.9 Å². The van der Waals surface area contributed by atoms with Crippen LogP contribution < -0.4 is 0 Å². The number of Topliss-reactive ketones (excluding diaryl/α,β-unsaturated/α-hetero) is 1. The van der Waals surface area contributed by atoms with Gasteiger partial charge in [0.05, 0.1) is 48.6 Å². The molecule has 8 atom stereocenters. The van der Waals surface area contributed by atoms with Gasteiger partial charge in [-0.05, 0) is 71.1 Å². The summed E-state index contributed by atoms with van der Waals surface area (Å²) in [5, 5.41) is 40.8. The van der Waals surface area contributed by atoms with Crippen LogP contribution >= 0.6 is 0 Å².